The molecule has 8 heteroatoms. The van der Waals surface area contributed by atoms with E-state index >= 15 is 0 Å². The molecule has 0 radical (unpaired) electrons. The van der Waals surface area contributed by atoms with Gasteiger partial charge in [-0.25, -0.2) is 5.48 Å². The lowest BCUT2D eigenvalue weighted by molar-refractivity contribution is -0.148. The predicted molar refractivity (Wildman–Crippen MR) is 110 cm³/mol. The fourth-order valence-electron chi connectivity index (χ4n) is 3.39. The van der Waals surface area contributed by atoms with Crippen LogP contribution < -0.4 is 10.8 Å². The largest absolute Gasteiger partial charge is 0.463 e. The fraction of sp³-hybridized carbons (Fsp3) is 0.571. The van der Waals surface area contributed by atoms with E-state index in [1.807, 2.05) is 25.1 Å². The summed E-state index contributed by atoms with van der Waals surface area (Å²) in [4.78, 5) is 30.0. The van der Waals surface area contributed by atoms with Gasteiger partial charge in [-0.15, -0.1) is 0 Å². The zero-order chi connectivity index (χ0) is 21.1. The normalized spacial score (nSPS) is 16.1. The van der Waals surface area contributed by atoms with E-state index in [2.05, 4.69) is 10.3 Å². The van der Waals surface area contributed by atoms with E-state index in [1.165, 1.54) is 24.1 Å². The van der Waals surface area contributed by atoms with E-state index in [0.29, 0.717) is 31.3 Å². The van der Waals surface area contributed by atoms with Gasteiger partial charge in [-0.3, -0.25) is 19.8 Å². The van der Waals surface area contributed by atoms with E-state index in [0.717, 1.165) is 31.2 Å². The lowest BCUT2D eigenvalue weighted by Gasteiger charge is -2.29. The third-order valence-corrected chi connectivity index (χ3v) is 5.05. The van der Waals surface area contributed by atoms with Crippen LogP contribution in [0.15, 0.2) is 24.4 Å². The van der Waals surface area contributed by atoms with Crippen molar-refractivity contribution in [2.24, 2.45) is 5.92 Å². The van der Waals surface area contributed by atoms with Gasteiger partial charge in [0.05, 0.1) is 5.69 Å². The highest BCUT2D eigenvalue weighted by Crippen LogP contribution is 2.27. The zero-order valence-corrected chi connectivity index (χ0v) is 17.3. The van der Waals surface area contributed by atoms with Gasteiger partial charge in [0.25, 0.3) is 5.91 Å². The Labute approximate surface area is 172 Å². The number of ether oxygens (including phenoxy) is 1. The van der Waals surface area contributed by atoms with Crippen molar-refractivity contribution in [2.45, 2.75) is 44.7 Å². The minimum absolute atomic E-state index is 0.179. The number of nitrogens with zero attached hydrogens (tertiary/aromatic N) is 2. The highest BCUT2D eigenvalue weighted by Gasteiger charge is 2.30. The molecule has 1 aromatic rings. The Morgan fingerprint density at radius 3 is 2.69 bits per heavy atom. The number of pyridine rings is 1. The number of carbonyl (C=O) groups excluding carboxylic acids is 2. The molecule has 0 spiro atoms. The molecule has 1 aliphatic carbocycles. The van der Waals surface area contributed by atoms with Gasteiger partial charge in [-0.1, -0.05) is 25.3 Å². The van der Waals surface area contributed by atoms with Crippen LogP contribution in [0.5, 0.6) is 0 Å². The summed E-state index contributed by atoms with van der Waals surface area (Å²) < 4.78 is 5.51. The number of aromatic nitrogens is 1. The van der Waals surface area contributed by atoms with E-state index in [-0.39, 0.29) is 12.0 Å². The molecule has 8 nitrogen and oxygen atoms in total. The Balaban J connectivity index is 1.94. The third-order valence-electron chi connectivity index (χ3n) is 5.05. The number of nitrogens with one attached hydrogen (secondary N) is 2. The predicted octanol–water partition coefficient (Wildman–Crippen LogP) is 1.74. The number of hydroxylamine groups is 1. The molecule has 1 saturated carbocycles. The molecule has 0 bridgehead atoms. The number of esters is 1. The molecule has 0 aliphatic heterocycles. The molecular weight excluding hydrogens is 372 g/mol. The summed E-state index contributed by atoms with van der Waals surface area (Å²) in [5.41, 5.74) is 3.07. The topological polar surface area (TPSA) is 104 Å². The fourth-order valence-corrected chi connectivity index (χ4v) is 3.39. The van der Waals surface area contributed by atoms with Crippen molar-refractivity contribution in [1.82, 2.24) is 20.7 Å². The third kappa shape index (κ3) is 8.31. The second-order valence-corrected chi connectivity index (χ2v) is 7.63. The van der Waals surface area contributed by atoms with Crippen molar-refractivity contribution in [3.05, 3.63) is 35.7 Å². The van der Waals surface area contributed by atoms with Crippen molar-refractivity contribution >= 4 is 18.0 Å². The van der Waals surface area contributed by atoms with Gasteiger partial charge in [-0.05, 0) is 50.6 Å². The van der Waals surface area contributed by atoms with Crippen LogP contribution >= 0.6 is 0 Å². The second-order valence-electron chi connectivity index (χ2n) is 7.63. The Bertz CT molecular complexity index is 670. The highest BCUT2D eigenvalue weighted by atomic mass is 16.5. The summed E-state index contributed by atoms with van der Waals surface area (Å²) in [5.74, 6) is -0.496. The Morgan fingerprint density at radius 1 is 1.31 bits per heavy atom. The van der Waals surface area contributed by atoms with Crippen LogP contribution in [-0.2, 0) is 20.9 Å². The van der Waals surface area contributed by atoms with E-state index in [4.69, 9.17) is 9.94 Å². The van der Waals surface area contributed by atoms with Crippen LogP contribution in [0, 0.1) is 5.92 Å². The standard InChI is InChI=1S/C21H32N4O4/c1-25(2)12-13-29-21(27)20(17-6-4-3-5-7-17)23-15-16-8-9-18(22-14-16)10-11-19(26)24-28/h8-11,14,17,20,23,28H,3-7,12-13,15H2,1-2H3,(H,24,26)/b11-10+/t20-/m0/s1. The lowest BCUT2D eigenvalue weighted by Crippen LogP contribution is -2.44. The van der Waals surface area contributed by atoms with Crippen molar-refractivity contribution in [3.8, 4) is 0 Å². The summed E-state index contributed by atoms with van der Waals surface area (Å²) in [5, 5.41) is 11.9. The van der Waals surface area contributed by atoms with Crippen LogP contribution in [-0.4, -0.2) is 60.3 Å². The quantitative estimate of drug-likeness (QED) is 0.236. The first-order chi connectivity index (χ1) is 14.0. The van der Waals surface area contributed by atoms with E-state index < -0.39 is 5.91 Å². The van der Waals surface area contributed by atoms with E-state index in [9.17, 15) is 9.59 Å². The first-order valence-electron chi connectivity index (χ1n) is 10.1. The minimum atomic E-state index is -0.611. The molecule has 2 rings (SSSR count). The van der Waals surface area contributed by atoms with Crippen LogP contribution in [0.25, 0.3) is 6.08 Å². The van der Waals surface area contributed by atoms with Crippen LogP contribution in [0.4, 0.5) is 0 Å². The Morgan fingerprint density at radius 2 is 2.07 bits per heavy atom. The van der Waals surface area contributed by atoms with Gasteiger partial charge >= 0.3 is 5.97 Å². The maximum absolute atomic E-state index is 12.7. The van der Waals surface area contributed by atoms with Crippen LogP contribution in [0.1, 0.15) is 43.4 Å². The Hall–Kier alpha value is -2.29. The molecule has 1 aromatic heterocycles. The van der Waals surface area contributed by atoms with Crippen molar-refractivity contribution in [3.63, 3.8) is 0 Å². The number of carbonyl (C=O) groups is 2. The molecule has 1 heterocycles. The van der Waals surface area contributed by atoms with Crippen LogP contribution in [0.2, 0.25) is 0 Å². The lowest BCUT2D eigenvalue weighted by atomic mass is 9.84. The maximum atomic E-state index is 12.7. The first kappa shape index (κ1) is 23.0. The number of rotatable bonds is 10. The SMILES string of the molecule is CN(C)CCOC(=O)[C@@H](NCc1ccc(/C=C/C(=O)NO)nc1)C1CCCCC1. The molecule has 160 valence electrons. The number of likely N-dealkylation sites (N-methyl/N-ethyl adjacent to an activating group) is 1. The van der Waals surface area contributed by atoms with Crippen LogP contribution in [0.3, 0.4) is 0 Å². The average Bonchev–Trinajstić information content (AvgIpc) is 2.73. The molecule has 1 amide bonds. The molecule has 1 fully saturated rings. The molecule has 1 aliphatic rings. The first-order valence-corrected chi connectivity index (χ1v) is 10.1. The van der Waals surface area contributed by atoms with Crippen molar-refractivity contribution in [2.75, 3.05) is 27.2 Å². The number of hydrogen-bond acceptors (Lipinski definition) is 7. The summed E-state index contributed by atoms with van der Waals surface area (Å²) >= 11 is 0. The van der Waals surface area contributed by atoms with E-state index in [1.54, 1.807) is 12.3 Å². The minimum Gasteiger partial charge on any atom is -0.463 e. The number of amides is 1. The monoisotopic (exact) mass is 404 g/mol. The van der Waals surface area contributed by atoms with Crippen molar-refractivity contribution in [1.29, 1.82) is 0 Å². The van der Waals surface area contributed by atoms with Gasteiger partial charge in [0.15, 0.2) is 0 Å². The number of hydrogen-bond donors (Lipinski definition) is 3. The smallest absolute Gasteiger partial charge is 0.323 e. The van der Waals surface area contributed by atoms with Gasteiger partial charge in [0.2, 0.25) is 0 Å². The molecule has 0 unspecified atom stereocenters. The molecule has 0 saturated heterocycles. The zero-order valence-electron chi connectivity index (χ0n) is 17.3. The Kier molecular flexibility index (Phi) is 9.76. The van der Waals surface area contributed by atoms with Gasteiger partial charge in [-0.2, -0.15) is 0 Å². The second kappa shape index (κ2) is 12.3. The summed E-state index contributed by atoms with van der Waals surface area (Å²) in [6.07, 6.45) is 10.0. The van der Waals surface area contributed by atoms with Gasteiger partial charge in [0.1, 0.15) is 12.6 Å². The maximum Gasteiger partial charge on any atom is 0.323 e. The highest BCUT2D eigenvalue weighted by molar-refractivity contribution is 5.90. The summed E-state index contributed by atoms with van der Waals surface area (Å²) in [6.45, 7) is 1.61. The van der Waals surface area contributed by atoms with Gasteiger partial charge in [0, 0.05) is 25.4 Å². The molecule has 1 atom stereocenters. The van der Waals surface area contributed by atoms with Gasteiger partial charge < -0.3 is 15.0 Å². The molecular formula is C21H32N4O4. The average molecular weight is 405 g/mol. The van der Waals surface area contributed by atoms with Crippen molar-refractivity contribution < 1.29 is 19.5 Å². The molecule has 29 heavy (non-hydrogen) atoms. The molecule has 0 aromatic carbocycles. The summed E-state index contributed by atoms with van der Waals surface area (Å²) in [7, 11) is 3.90. The molecule has 3 N–H and O–H groups in total. The summed E-state index contributed by atoms with van der Waals surface area (Å²) in [6, 6.07) is 3.36.